The summed E-state index contributed by atoms with van der Waals surface area (Å²) >= 11 is 0. The number of halogens is 1. The second-order valence-corrected chi connectivity index (χ2v) is 4.56. The zero-order valence-electron chi connectivity index (χ0n) is 12.8. The van der Waals surface area contributed by atoms with Crippen LogP contribution >= 0.6 is 12.4 Å². The predicted molar refractivity (Wildman–Crippen MR) is 89.1 cm³/mol. The summed E-state index contributed by atoms with van der Waals surface area (Å²) in [6, 6.07) is 0. The summed E-state index contributed by atoms with van der Waals surface area (Å²) in [6.45, 7) is 7.15. The van der Waals surface area contributed by atoms with Gasteiger partial charge in [-0.2, -0.15) is 0 Å². The molecule has 0 aliphatic heterocycles. The Morgan fingerprint density at radius 1 is 0.714 bits per heavy atom. The largest absolute Gasteiger partial charge is 0.481 e. The fourth-order valence-electron chi connectivity index (χ4n) is 1.48. The summed E-state index contributed by atoms with van der Waals surface area (Å²) in [5, 5.41) is 16.5. The van der Waals surface area contributed by atoms with Crippen molar-refractivity contribution >= 4 is 24.3 Å². The van der Waals surface area contributed by atoms with E-state index in [1.54, 1.807) is 0 Å². The zero-order valence-corrected chi connectivity index (χ0v) is 13.6. The molecule has 0 saturated carbocycles. The van der Waals surface area contributed by atoms with Crippen molar-refractivity contribution in [2.24, 2.45) is 0 Å². The number of rotatable bonds is 12. The molecule has 0 aromatic carbocycles. The maximum absolute atomic E-state index is 10.0. The summed E-state index contributed by atoms with van der Waals surface area (Å²) in [5.74, 6) is -1.39. The van der Waals surface area contributed by atoms with Crippen LogP contribution in [0.25, 0.3) is 0 Å². The third kappa shape index (κ3) is 32.3. The quantitative estimate of drug-likeness (QED) is 0.398. The number of hydrogen-bond acceptors (Lipinski definition) is 2. The minimum Gasteiger partial charge on any atom is -0.481 e. The highest BCUT2D eigenvalue weighted by atomic mass is 35.5. The van der Waals surface area contributed by atoms with Gasteiger partial charge in [0.1, 0.15) is 0 Å². The molecule has 0 aromatic heterocycles. The van der Waals surface area contributed by atoms with E-state index in [0.29, 0.717) is 12.8 Å². The molecule has 0 bridgehead atoms. The van der Waals surface area contributed by atoms with Crippen LogP contribution in [0.5, 0.6) is 0 Å². The molecule has 0 fully saturated rings. The molecule has 4 nitrogen and oxygen atoms in total. The summed E-state index contributed by atoms with van der Waals surface area (Å²) in [5.41, 5.74) is 0. The van der Waals surface area contributed by atoms with Gasteiger partial charge in [0.05, 0.1) is 0 Å². The number of carboxylic acids is 2. The molecule has 0 aliphatic carbocycles. The van der Waals surface area contributed by atoms with Crippen molar-refractivity contribution in [3.05, 3.63) is 25.3 Å². The third-order valence-electron chi connectivity index (χ3n) is 2.60. The Morgan fingerprint density at radius 3 is 1.29 bits per heavy atom. The fourth-order valence-corrected chi connectivity index (χ4v) is 1.48. The molecule has 0 heterocycles. The van der Waals surface area contributed by atoms with Crippen LogP contribution in [0.15, 0.2) is 25.3 Å². The van der Waals surface area contributed by atoms with Gasteiger partial charge in [0, 0.05) is 12.8 Å². The second-order valence-electron chi connectivity index (χ2n) is 4.56. The molecule has 0 saturated heterocycles. The van der Waals surface area contributed by atoms with Crippen LogP contribution in [-0.4, -0.2) is 22.2 Å². The van der Waals surface area contributed by atoms with Crippen LogP contribution < -0.4 is 0 Å². The summed E-state index contributed by atoms with van der Waals surface area (Å²) in [4.78, 5) is 20.0. The van der Waals surface area contributed by atoms with E-state index < -0.39 is 11.9 Å². The van der Waals surface area contributed by atoms with Gasteiger partial charge in [-0.3, -0.25) is 9.59 Å². The van der Waals surface area contributed by atoms with Gasteiger partial charge in [0.2, 0.25) is 0 Å². The summed E-state index contributed by atoms with van der Waals surface area (Å²) in [6.07, 6.45) is 12.0. The van der Waals surface area contributed by atoms with Crippen molar-refractivity contribution in [2.75, 3.05) is 0 Å². The van der Waals surface area contributed by atoms with Crippen LogP contribution in [0.3, 0.4) is 0 Å². The molecular weight excluding hydrogens is 292 g/mol. The molecule has 0 rings (SSSR count). The molecule has 124 valence electrons. The molecule has 2 N–H and O–H groups in total. The monoisotopic (exact) mass is 320 g/mol. The number of unbranched alkanes of at least 4 members (excludes halogenated alkanes) is 6. The van der Waals surface area contributed by atoms with Crippen molar-refractivity contribution in [3.63, 3.8) is 0 Å². The molecule has 21 heavy (non-hydrogen) atoms. The summed E-state index contributed by atoms with van der Waals surface area (Å²) < 4.78 is 0. The highest BCUT2D eigenvalue weighted by Crippen LogP contribution is 2.03. The van der Waals surface area contributed by atoms with Gasteiger partial charge in [0.15, 0.2) is 0 Å². The third-order valence-corrected chi connectivity index (χ3v) is 2.60. The van der Waals surface area contributed by atoms with Gasteiger partial charge in [-0.15, -0.1) is 25.6 Å². The van der Waals surface area contributed by atoms with Gasteiger partial charge in [-0.25, -0.2) is 0 Å². The maximum atomic E-state index is 10.0. The number of carboxylic acid groups (broad SMARTS) is 2. The van der Waals surface area contributed by atoms with Crippen molar-refractivity contribution in [2.45, 2.75) is 64.2 Å². The molecule has 5 heteroatoms. The highest BCUT2D eigenvalue weighted by Gasteiger charge is 1.95. The molecule has 0 unspecified atom stereocenters. The first kappa shape index (κ1) is 24.7. The Balaban J connectivity index is -0.000000295. The molecule has 0 amide bonds. The van der Waals surface area contributed by atoms with E-state index >= 15 is 0 Å². The first-order chi connectivity index (χ1) is 9.54. The first-order valence-corrected chi connectivity index (χ1v) is 7.20. The number of aliphatic carboxylic acids is 2. The van der Waals surface area contributed by atoms with Crippen LogP contribution in [0.2, 0.25) is 0 Å². The molecule has 0 aliphatic rings. The van der Waals surface area contributed by atoms with E-state index in [9.17, 15) is 9.59 Å². The van der Waals surface area contributed by atoms with Crippen molar-refractivity contribution in [1.29, 1.82) is 0 Å². The fraction of sp³-hybridized carbons (Fsp3) is 0.625. The molecule has 0 aromatic rings. The van der Waals surface area contributed by atoms with Gasteiger partial charge in [0.25, 0.3) is 0 Å². The summed E-state index contributed by atoms with van der Waals surface area (Å²) in [7, 11) is 0. The van der Waals surface area contributed by atoms with E-state index in [1.807, 2.05) is 12.2 Å². The number of carbonyl (C=O) groups is 2. The maximum Gasteiger partial charge on any atom is 0.303 e. The van der Waals surface area contributed by atoms with Crippen molar-refractivity contribution in [3.8, 4) is 0 Å². The van der Waals surface area contributed by atoms with Crippen LogP contribution in [0.1, 0.15) is 64.2 Å². The van der Waals surface area contributed by atoms with Gasteiger partial charge < -0.3 is 10.2 Å². The molecule has 0 spiro atoms. The Bertz CT molecular complexity index is 249. The SMILES string of the molecule is C=CCCCCCC(=O)O.C=CCCCCCC(=O)O.Cl. The van der Waals surface area contributed by atoms with Crippen LogP contribution in [-0.2, 0) is 9.59 Å². The van der Waals surface area contributed by atoms with Crippen molar-refractivity contribution < 1.29 is 19.8 Å². The van der Waals surface area contributed by atoms with Crippen molar-refractivity contribution in [1.82, 2.24) is 0 Å². The predicted octanol–water partition coefficient (Wildman–Crippen LogP) is 4.84. The lowest BCUT2D eigenvalue weighted by molar-refractivity contribution is -0.138. The minimum atomic E-state index is -0.696. The Labute approximate surface area is 134 Å². The van der Waals surface area contributed by atoms with Crippen LogP contribution in [0.4, 0.5) is 0 Å². The minimum absolute atomic E-state index is 0. The van der Waals surface area contributed by atoms with Gasteiger partial charge in [-0.05, 0) is 38.5 Å². The highest BCUT2D eigenvalue weighted by molar-refractivity contribution is 5.85. The smallest absolute Gasteiger partial charge is 0.303 e. The van der Waals surface area contributed by atoms with Crippen LogP contribution in [0, 0.1) is 0 Å². The normalized spacial score (nSPS) is 8.76. The molecular formula is C16H29ClO4. The lowest BCUT2D eigenvalue weighted by Crippen LogP contribution is -1.93. The average Bonchev–Trinajstić information content (AvgIpc) is 2.38. The zero-order chi connectivity index (χ0) is 15.6. The van der Waals surface area contributed by atoms with Gasteiger partial charge >= 0.3 is 11.9 Å². The standard InChI is InChI=1S/2C8H14O2.ClH/c2*1-2-3-4-5-6-7-8(9)10;/h2*2H,1,3-7H2,(H,9,10);1H. The topological polar surface area (TPSA) is 74.6 Å². The Morgan fingerprint density at radius 2 is 1.05 bits per heavy atom. The van der Waals surface area contributed by atoms with E-state index in [4.69, 9.17) is 10.2 Å². The average molecular weight is 321 g/mol. The van der Waals surface area contributed by atoms with E-state index in [2.05, 4.69) is 13.2 Å². The number of hydrogen-bond donors (Lipinski definition) is 2. The van der Waals surface area contributed by atoms with E-state index in [-0.39, 0.29) is 12.4 Å². The van der Waals surface area contributed by atoms with E-state index in [1.165, 1.54) is 0 Å². The second kappa shape index (κ2) is 21.0. The first-order valence-electron chi connectivity index (χ1n) is 7.20. The molecule has 0 radical (unpaired) electrons. The van der Waals surface area contributed by atoms with Gasteiger partial charge in [-0.1, -0.05) is 25.0 Å². The Hall–Kier alpha value is -1.29. The number of allylic oxidation sites excluding steroid dienone is 2. The lowest BCUT2D eigenvalue weighted by atomic mass is 10.1. The molecule has 0 atom stereocenters. The Kier molecular flexibility index (Phi) is 24.7. The van der Waals surface area contributed by atoms with E-state index in [0.717, 1.165) is 51.4 Å². The lowest BCUT2D eigenvalue weighted by Gasteiger charge is -1.93.